The summed E-state index contributed by atoms with van der Waals surface area (Å²) in [4.78, 5) is 0.178. The summed E-state index contributed by atoms with van der Waals surface area (Å²) >= 11 is 0. The minimum Gasteiger partial charge on any atom is -0.491 e. The maximum Gasteiger partial charge on any atom is 0.240 e. The Kier molecular flexibility index (Phi) is 6.81. The molecule has 0 fully saturated rings. The number of anilines is 1. The van der Waals surface area contributed by atoms with Crippen LogP contribution in [0.15, 0.2) is 23.1 Å². The lowest BCUT2D eigenvalue weighted by Crippen LogP contribution is -2.23. The molecular formula is C14H24N2O3S. The lowest BCUT2D eigenvalue weighted by molar-refractivity contribution is 0.306. The SMILES string of the molecule is CCCCCCOc1cc(S(=O)(=O)NCC)ccc1N. The fourth-order valence-electron chi connectivity index (χ4n) is 1.79. The van der Waals surface area contributed by atoms with E-state index >= 15 is 0 Å². The second-order valence-electron chi connectivity index (χ2n) is 4.61. The van der Waals surface area contributed by atoms with Gasteiger partial charge in [-0.2, -0.15) is 0 Å². The summed E-state index contributed by atoms with van der Waals surface area (Å²) in [5.41, 5.74) is 6.26. The molecule has 0 amide bonds. The summed E-state index contributed by atoms with van der Waals surface area (Å²) in [5.74, 6) is 0.431. The monoisotopic (exact) mass is 300 g/mol. The highest BCUT2D eigenvalue weighted by Crippen LogP contribution is 2.25. The number of benzene rings is 1. The number of nitrogens with two attached hydrogens (primary N) is 1. The first-order valence-corrected chi connectivity index (χ1v) is 8.51. The van der Waals surface area contributed by atoms with Crippen molar-refractivity contribution in [1.29, 1.82) is 0 Å². The van der Waals surface area contributed by atoms with Crippen LogP contribution in [0.1, 0.15) is 39.5 Å². The lowest BCUT2D eigenvalue weighted by atomic mass is 10.2. The van der Waals surface area contributed by atoms with Crippen LogP contribution in [0.4, 0.5) is 5.69 Å². The molecule has 1 aromatic carbocycles. The number of hydrogen-bond donors (Lipinski definition) is 2. The van der Waals surface area contributed by atoms with Gasteiger partial charge in [-0.3, -0.25) is 0 Å². The molecule has 0 saturated heterocycles. The predicted octanol–water partition coefficient (Wildman–Crippen LogP) is 2.53. The first-order chi connectivity index (χ1) is 9.51. The maximum atomic E-state index is 11.9. The highest BCUT2D eigenvalue weighted by molar-refractivity contribution is 7.89. The van der Waals surface area contributed by atoms with Crippen molar-refractivity contribution in [3.63, 3.8) is 0 Å². The minimum atomic E-state index is -3.47. The average Bonchev–Trinajstić information content (AvgIpc) is 2.40. The molecule has 20 heavy (non-hydrogen) atoms. The topological polar surface area (TPSA) is 81.4 Å². The zero-order chi connectivity index (χ0) is 15.0. The molecule has 114 valence electrons. The Hall–Kier alpha value is -1.27. The standard InChI is InChI=1S/C14H24N2O3S/c1-3-5-6-7-10-19-14-11-12(8-9-13(14)15)20(17,18)16-4-2/h8-9,11,16H,3-7,10,15H2,1-2H3. The van der Waals surface area contributed by atoms with Gasteiger partial charge in [-0.25, -0.2) is 13.1 Å². The summed E-state index contributed by atoms with van der Waals surface area (Å²) in [6.07, 6.45) is 4.38. The van der Waals surface area contributed by atoms with E-state index in [1.165, 1.54) is 25.0 Å². The molecule has 1 aromatic rings. The van der Waals surface area contributed by atoms with Crippen LogP contribution in [0, 0.1) is 0 Å². The van der Waals surface area contributed by atoms with Crippen molar-refractivity contribution in [2.45, 2.75) is 44.4 Å². The Morgan fingerprint density at radius 3 is 2.60 bits per heavy atom. The Bertz CT molecular complexity index is 515. The number of nitrogens with one attached hydrogen (secondary N) is 1. The summed E-state index contributed by atoms with van der Waals surface area (Å²) in [7, 11) is -3.47. The molecule has 0 aliphatic carbocycles. The summed E-state index contributed by atoms with van der Waals surface area (Å²) in [5, 5.41) is 0. The zero-order valence-corrected chi connectivity index (χ0v) is 13.0. The fraction of sp³-hybridized carbons (Fsp3) is 0.571. The van der Waals surface area contributed by atoms with Gasteiger partial charge in [0.2, 0.25) is 10.0 Å². The van der Waals surface area contributed by atoms with E-state index in [0.717, 1.165) is 12.8 Å². The van der Waals surface area contributed by atoms with Crippen molar-refractivity contribution >= 4 is 15.7 Å². The molecule has 0 bridgehead atoms. The van der Waals surface area contributed by atoms with E-state index < -0.39 is 10.0 Å². The third kappa shape index (κ3) is 5.02. The predicted molar refractivity (Wildman–Crippen MR) is 81.4 cm³/mol. The van der Waals surface area contributed by atoms with Crippen molar-refractivity contribution in [2.75, 3.05) is 18.9 Å². The van der Waals surface area contributed by atoms with E-state index in [2.05, 4.69) is 11.6 Å². The van der Waals surface area contributed by atoms with Gasteiger partial charge in [0.05, 0.1) is 17.2 Å². The Balaban J connectivity index is 2.72. The van der Waals surface area contributed by atoms with E-state index in [-0.39, 0.29) is 4.90 Å². The molecule has 0 heterocycles. The van der Waals surface area contributed by atoms with Crippen LogP contribution in [-0.4, -0.2) is 21.6 Å². The van der Waals surface area contributed by atoms with Gasteiger partial charge in [0.1, 0.15) is 5.75 Å². The largest absolute Gasteiger partial charge is 0.491 e. The van der Waals surface area contributed by atoms with Gasteiger partial charge in [0.15, 0.2) is 0 Å². The molecule has 5 nitrogen and oxygen atoms in total. The molecule has 0 aromatic heterocycles. The first kappa shape index (κ1) is 16.8. The van der Waals surface area contributed by atoms with Crippen LogP contribution >= 0.6 is 0 Å². The first-order valence-electron chi connectivity index (χ1n) is 7.03. The van der Waals surface area contributed by atoms with Crippen LogP contribution in [-0.2, 0) is 10.0 Å². The van der Waals surface area contributed by atoms with Crippen molar-refractivity contribution in [3.05, 3.63) is 18.2 Å². The third-order valence-corrected chi connectivity index (χ3v) is 4.43. The minimum absolute atomic E-state index is 0.178. The van der Waals surface area contributed by atoms with Crippen LogP contribution in [0.3, 0.4) is 0 Å². The van der Waals surface area contributed by atoms with Gasteiger partial charge in [-0.05, 0) is 18.6 Å². The Morgan fingerprint density at radius 2 is 1.95 bits per heavy atom. The molecule has 0 spiro atoms. The number of nitrogen functional groups attached to an aromatic ring is 1. The number of unbranched alkanes of at least 4 members (excludes halogenated alkanes) is 3. The quantitative estimate of drug-likeness (QED) is 0.542. The second-order valence-corrected chi connectivity index (χ2v) is 6.38. The molecule has 0 aliphatic rings. The molecule has 0 unspecified atom stereocenters. The van der Waals surface area contributed by atoms with E-state index in [4.69, 9.17) is 10.5 Å². The van der Waals surface area contributed by atoms with Crippen LogP contribution in [0.5, 0.6) is 5.75 Å². The van der Waals surface area contributed by atoms with E-state index in [9.17, 15) is 8.42 Å². The number of ether oxygens (including phenoxy) is 1. The average molecular weight is 300 g/mol. The maximum absolute atomic E-state index is 11.9. The van der Waals surface area contributed by atoms with Crippen molar-refractivity contribution in [2.24, 2.45) is 0 Å². The van der Waals surface area contributed by atoms with Gasteiger partial charge in [-0.15, -0.1) is 0 Å². The zero-order valence-electron chi connectivity index (χ0n) is 12.2. The highest BCUT2D eigenvalue weighted by Gasteiger charge is 2.14. The summed E-state index contributed by atoms with van der Waals surface area (Å²) in [6, 6.07) is 4.52. The summed E-state index contributed by atoms with van der Waals surface area (Å²) < 4.78 is 31.8. The fourth-order valence-corrected chi connectivity index (χ4v) is 2.85. The van der Waals surface area contributed by atoms with Crippen LogP contribution < -0.4 is 15.2 Å². The van der Waals surface area contributed by atoms with Gasteiger partial charge in [0.25, 0.3) is 0 Å². The normalized spacial score (nSPS) is 11.5. The molecule has 6 heteroatoms. The van der Waals surface area contributed by atoms with Gasteiger partial charge in [-0.1, -0.05) is 33.1 Å². The second kappa shape index (κ2) is 8.11. The van der Waals surface area contributed by atoms with Gasteiger partial charge >= 0.3 is 0 Å². The lowest BCUT2D eigenvalue weighted by Gasteiger charge is -2.11. The molecule has 0 aliphatic heterocycles. The molecule has 1 rings (SSSR count). The van der Waals surface area contributed by atoms with E-state index in [0.29, 0.717) is 24.6 Å². The number of hydrogen-bond acceptors (Lipinski definition) is 4. The van der Waals surface area contributed by atoms with E-state index in [1.807, 2.05) is 0 Å². The van der Waals surface area contributed by atoms with Gasteiger partial charge < -0.3 is 10.5 Å². The smallest absolute Gasteiger partial charge is 0.240 e. The number of rotatable bonds is 9. The highest BCUT2D eigenvalue weighted by atomic mass is 32.2. The van der Waals surface area contributed by atoms with Crippen molar-refractivity contribution in [1.82, 2.24) is 4.72 Å². The van der Waals surface area contributed by atoms with Crippen LogP contribution in [0.2, 0.25) is 0 Å². The Morgan fingerprint density at radius 1 is 1.20 bits per heavy atom. The molecule has 3 N–H and O–H groups in total. The van der Waals surface area contributed by atoms with E-state index in [1.54, 1.807) is 13.0 Å². The van der Waals surface area contributed by atoms with Crippen molar-refractivity contribution < 1.29 is 13.2 Å². The van der Waals surface area contributed by atoms with Crippen LogP contribution in [0.25, 0.3) is 0 Å². The molecule has 0 saturated carbocycles. The Labute approximate surface area is 121 Å². The molecule has 0 radical (unpaired) electrons. The van der Waals surface area contributed by atoms with Gasteiger partial charge in [0, 0.05) is 12.6 Å². The molecular weight excluding hydrogens is 276 g/mol. The summed E-state index contributed by atoms with van der Waals surface area (Å²) in [6.45, 7) is 4.78. The molecule has 0 atom stereocenters. The number of sulfonamides is 1. The van der Waals surface area contributed by atoms with Crippen molar-refractivity contribution in [3.8, 4) is 5.75 Å². The third-order valence-electron chi connectivity index (χ3n) is 2.89.